The summed E-state index contributed by atoms with van der Waals surface area (Å²) in [5, 5.41) is 4.55. The lowest BCUT2D eigenvalue weighted by atomic mass is 10.1. The van der Waals surface area contributed by atoms with Gasteiger partial charge in [0.2, 0.25) is 5.91 Å². The quantitative estimate of drug-likeness (QED) is 0.907. The monoisotopic (exact) mass is 298 g/mol. The zero-order valence-electron chi connectivity index (χ0n) is 11.2. The predicted octanol–water partition coefficient (Wildman–Crippen LogP) is 2.91. The van der Waals surface area contributed by atoms with Crippen molar-refractivity contribution >= 4 is 29.3 Å². The van der Waals surface area contributed by atoms with Gasteiger partial charge in [0.05, 0.1) is 6.54 Å². The van der Waals surface area contributed by atoms with E-state index in [1.807, 2.05) is 40.9 Å². The summed E-state index contributed by atoms with van der Waals surface area (Å²) < 4.78 is 0. The van der Waals surface area contributed by atoms with Crippen LogP contribution in [-0.4, -0.2) is 35.4 Å². The first-order chi connectivity index (χ1) is 9.11. The summed E-state index contributed by atoms with van der Waals surface area (Å²) >= 11 is 7.73. The lowest BCUT2D eigenvalue weighted by Gasteiger charge is -2.25. The molecule has 0 radical (unpaired) electrons. The molecule has 1 fully saturated rings. The Balaban J connectivity index is 2.06. The van der Waals surface area contributed by atoms with Crippen molar-refractivity contribution in [2.24, 2.45) is 0 Å². The Hall–Kier alpha value is -0.710. The number of carbonyl (C=O) groups excluding carboxylic acids is 1. The van der Waals surface area contributed by atoms with Crippen molar-refractivity contribution in [1.82, 2.24) is 10.2 Å². The maximum Gasteiger partial charge on any atom is 0.238 e. The van der Waals surface area contributed by atoms with Gasteiger partial charge in [0, 0.05) is 16.8 Å². The first-order valence-corrected chi connectivity index (χ1v) is 8.09. The number of nitrogens with zero attached hydrogens (tertiary/aromatic N) is 1. The minimum Gasteiger partial charge on any atom is -0.322 e. The molecule has 1 aromatic carbocycles. The van der Waals surface area contributed by atoms with Gasteiger partial charge < -0.3 is 4.90 Å². The second kappa shape index (κ2) is 6.64. The summed E-state index contributed by atoms with van der Waals surface area (Å²) in [7, 11) is 0. The van der Waals surface area contributed by atoms with E-state index in [9.17, 15) is 4.79 Å². The highest BCUT2D eigenvalue weighted by molar-refractivity contribution is 7.99. The molecule has 1 N–H and O–H groups in total. The molecule has 0 aromatic heterocycles. The van der Waals surface area contributed by atoms with Gasteiger partial charge in [0.25, 0.3) is 0 Å². The van der Waals surface area contributed by atoms with E-state index in [-0.39, 0.29) is 12.1 Å². The molecule has 1 heterocycles. The number of halogens is 1. The third-order valence-corrected chi connectivity index (χ3v) is 4.74. The first-order valence-electron chi connectivity index (χ1n) is 6.43. The third-order valence-electron chi connectivity index (χ3n) is 3.44. The van der Waals surface area contributed by atoms with E-state index in [0.717, 1.165) is 23.6 Å². The first kappa shape index (κ1) is 14.7. The highest BCUT2D eigenvalue weighted by Crippen LogP contribution is 2.25. The summed E-state index contributed by atoms with van der Waals surface area (Å²) in [4.78, 5) is 13.9. The van der Waals surface area contributed by atoms with Gasteiger partial charge in [-0.2, -0.15) is 11.8 Å². The average molecular weight is 299 g/mol. The fourth-order valence-electron chi connectivity index (χ4n) is 2.18. The fourth-order valence-corrected chi connectivity index (χ4v) is 2.64. The van der Waals surface area contributed by atoms with Crippen LogP contribution in [0.3, 0.4) is 0 Å². The normalized spacial score (nSPS) is 20.9. The van der Waals surface area contributed by atoms with Gasteiger partial charge >= 0.3 is 0 Å². The van der Waals surface area contributed by atoms with E-state index >= 15 is 0 Å². The smallest absolute Gasteiger partial charge is 0.238 e. The Morgan fingerprint density at radius 2 is 2.16 bits per heavy atom. The van der Waals surface area contributed by atoms with E-state index < -0.39 is 0 Å². The van der Waals surface area contributed by atoms with Gasteiger partial charge in [-0.05, 0) is 30.4 Å². The number of rotatable bonds is 5. The van der Waals surface area contributed by atoms with Gasteiger partial charge in [-0.15, -0.1) is 0 Å². The predicted molar refractivity (Wildman–Crippen MR) is 81.5 cm³/mol. The molecule has 0 saturated carbocycles. The molecule has 1 aliphatic rings. The zero-order valence-corrected chi connectivity index (χ0v) is 12.8. The average Bonchev–Trinajstić information content (AvgIpc) is 2.78. The number of benzene rings is 1. The van der Waals surface area contributed by atoms with E-state index in [0.29, 0.717) is 11.8 Å². The molecule has 104 valence electrons. The Labute approximate surface area is 123 Å². The number of amides is 1. The van der Waals surface area contributed by atoms with Crippen LogP contribution < -0.4 is 5.32 Å². The molecule has 2 atom stereocenters. The van der Waals surface area contributed by atoms with E-state index in [1.54, 1.807) is 0 Å². The fraction of sp³-hybridized carbons (Fsp3) is 0.500. The van der Waals surface area contributed by atoms with Crippen LogP contribution in [0.4, 0.5) is 0 Å². The molecule has 0 spiro atoms. The molecule has 0 aliphatic carbocycles. The van der Waals surface area contributed by atoms with Gasteiger partial charge in [-0.1, -0.05) is 30.7 Å². The molecule has 0 bridgehead atoms. The van der Waals surface area contributed by atoms with Crippen LogP contribution in [0.15, 0.2) is 24.3 Å². The molecule has 1 aromatic rings. The Kier molecular flexibility index (Phi) is 5.13. The van der Waals surface area contributed by atoms with Gasteiger partial charge in [-0.3, -0.25) is 10.1 Å². The SMILES string of the molecule is CSC(C)CCN1C(=O)CNC1c1ccc(Cl)cc1. The van der Waals surface area contributed by atoms with Crippen LogP contribution in [0.25, 0.3) is 0 Å². The zero-order chi connectivity index (χ0) is 13.8. The number of thioether (sulfide) groups is 1. The molecule has 2 rings (SSSR count). The largest absolute Gasteiger partial charge is 0.322 e. The van der Waals surface area contributed by atoms with Crippen LogP contribution in [0, 0.1) is 0 Å². The third kappa shape index (κ3) is 3.65. The topological polar surface area (TPSA) is 32.3 Å². The molecule has 1 amide bonds. The number of hydrogen-bond donors (Lipinski definition) is 1. The highest BCUT2D eigenvalue weighted by atomic mass is 35.5. The van der Waals surface area contributed by atoms with Crippen molar-refractivity contribution in [2.45, 2.75) is 24.8 Å². The summed E-state index contributed by atoms with van der Waals surface area (Å²) in [6.07, 6.45) is 3.10. The molecule has 19 heavy (non-hydrogen) atoms. The van der Waals surface area contributed by atoms with Crippen molar-refractivity contribution < 1.29 is 4.79 Å². The van der Waals surface area contributed by atoms with E-state index in [2.05, 4.69) is 18.5 Å². The van der Waals surface area contributed by atoms with Crippen LogP contribution in [-0.2, 0) is 4.79 Å². The Morgan fingerprint density at radius 3 is 2.79 bits per heavy atom. The van der Waals surface area contributed by atoms with Crippen LogP contribution in [0.1, 0.15) is 25.1 Å². The molecule has 1 aliphatic heterocycles. The number of hydrogen-bond acceptors (Lipinski definition) is 3. The summed E-state index contributed by atoms with van der Waals surface area (Å²) in [5.74, 6) is 0.174. The standard InChI is InChI=1S/C14H19ClN2OS/c1-10(19-2)7-8-17-13(18)9-16-14(17)11-3-5-12(15)6-4-11/h3-6,10,14,16H,7-9H2,1-2H3. The maximum atomic E-state index is 12.0. The molecule has 3 nitrogen and oxygen atoms in total. The minimum atomic E-state index is -0.0150. The van der Waals surface area contributed by atoms with Crippen LogP contribution >= 0.6 is 23.4 Å². The van der Waals surface area contributed by atoms with Crippen molar-refractivity contribution in [3.05, 3.63) is 34.9 Å². The summed E-state index contributed by atoms with van der Waals surface area (Å²) in [5.41, 5.74) is 1.09. The Morgan fingerprint density at radius 1 is 1.47 bits per heavy atom. The van der Waals surface area contributed by atoms with Crippen molar-refractivity contribution in [3.8, 4) is 0 Å². The molecule has 2 unspecified atom stereocenters. The lowest BCUT2D eigenvalue weighted by molar-refractivity contribution is -0.128. The summed E-state index contributed by atoms with van der Waals surface area (Å²) in [6.45, 7) is 3.40. The highest BCUT2D eigenvalue weighted by Gasteiger charge is 2.31. The molecule has 1 saturated heterocycles. The van der Waals surface area contributed by atoms with Gasteiger partial charge in [-0.25, -0.2) is 0 Å². The van der Waals surface area contributed by atoms with Gasteiger partial charge in [0.1, 0.15) is 6.17 Å². The van der Waals surface area contributed by atoms with Gasteiger partial charge in [0.15, 0.2) is 0 Å². The van der Waals surface area contributed by atoms with E-state index in [4.69, 9.17) is 11.6 Å². The van der Waals surface area contributed by atoms with Crippen LogP contribution in [0.2, 0.25) is 5.02 Å². The van der Waals surface area contributed by atoms with E-state index in [1.165, 1.54) is 0 Å². The second-order valence-corrected chi connectivity index (χ2v) is 6.47. The number of carbonyl (C=O) groups is 1. The molecular formula is C14H19ClN2OS. The molecule has 5 heteroatoms. The van der Waals surface area contributed by atoms with Crippen molar-refractivity contribution in [3.63, 3.8) is 0 Å². The van der Waals surface area contributed by atoms with Crippen LogP contribution in [0.5, 0.6) is 0 Å². The summed E-state index contributed by atoms with van der Waals surface area (Å²) in [6, 6.07) is 7.68. The molecular weight excluding hydrogens is 280 g/mol. The number of nitrogens with one attached hydrogen (secondary N) is 1. The maximum absolute atomic E-state index is 12.0. The Bertz CT molecular complexity index is 438. The van der Waals surface area contributed by atoms with Crippen molar-refractivity contribution in [1.29, 1.82) is 0 Å². The lowest BCUT2D eigenvalue weighted by Crippen LogP contribution is -2.32. The van der Waals surface area contributed by atoms with Crippen molar-refractivity contribution in [2.75, 3.05) is 19.3 Å². The minimum absolute atomic E-state index is 0.0150. The second-order valence-electron chi connectivity index (χ2n) is 4.76.